The van der Waals surface area contributed by atoms with Gasteiger partial charge in [0.1, 0.15) is 17.5 Å². The number of hydrogen-bond acceptors (Lipinski definition) is 4. The van der Waals surface area contributed by atoms with E-state index in [0.29, 0.717) is 11.5 Å². The van der Waals surface area contributed by atoms with Gasteiger partial charge in [-0.3, -0.25) is 4.79 Å². The molecular weight excluding hydrogens is 304 g/mol. The highest BCUT2D eigenvalue weighted by molar-refractivity contribution is 5.83. The summed E-state index contributed by atoms with van der Waals surface area (Å²) < 4.78 is 10.6. The zero-order valence-electron chi connectivity index (χ0n) is 14.5. The van der Waals surface area contributed by atoms with Crippen LogP contribution in [0.5, 0.6) is 11.5 Å². The topological polar surface area (TPSA) is 73.6 Å². The van der Waals surface area contributed by atoms with Crippen molar-refractivity contribution in [3.05, 3.63) is 59.2 Å². The van der Waals surface area contributed by atoms with Gasteiger partial charge in [-0.25, -0.2) is 0 Å². The molecule has 2 atom stereocenters. The van der Waals surface area contributed by atoms with Gasteiger partial charge in [-0.2, -0.15) is 0 Å². The Morgan fingerprint density at radius 1 is 1.08 bits per heavy atom. The zero-order chi connectivity index (χ0) is 17.7. The van der Waals surface area contributed by atoms with E-state index in [2.05, 4.69) is 5.32 Å². The number of amides is 1. The molecule has 0 radical (unpaired) electrons. The molecule has 0 spiro atoms. The van der Waals surface area contributed by atoms with Crippen LogP contribution < -0.4 is 20.5 Å². The lowest BCUT2D eigenvalue weighted by molar-refractivity contribution is -0.123. The molecule has 2 aromatic rings. The van der Waals surface area contributed by atoms with E-state index in [1.54, 1.807) is 14.2 Å². The molecule has 0 aliphatic heterocycles. The van der Waals surface area contributed by atoms with Crippen molar-refractivity contribution < 1.29 is 14.3 Å². The largest absolute Gasteiger partial charge is 0.497 e. The number of ether oxygens (including phenoxy) is 2. The fraction of sp³-hybridized carbons (Fsp3) is 0.316. The molecule has 2 aromatic carbocycles. The van der Waals surface area contributed by atoms with Crippen molar-refractivity contribution >= 4 is 5.91 Å². The zero-order valence-corrected chi connectivity index (χ0v) is 14.5. The summed E-state index contributed by atoms with van der Waals surface area (Å²) in [5.41, 5.74) is 8.81. The lowest BCUT2D eigenvalue weighted by Crippen LogP contribution is -2.35. The van der Waals surface area contributed by atoms with Crippen molar-refractivity contribution in [3.63, 3.8) is 0 Å². The van der Waals surface area contributed by atoms with Crippen molar-refractivity contribution in [2.45, 2.75) is 25.9 Å². The van der Waals surface area contributed by atoms with Crippen molar-refractivity contribution in [2.75, 3.05) is 14.2 Å². The highest BCUT2D eigenvalue weighted by atomic mass is 16.5. The minimum absolute atomic E-state index is 0.240. The number of rotatable bonds is 6. The lowest BCUT2D eigenvalue weighted by Gasteiger charge is -2.20. The van der Waals surface area contributed by atoms with Gasteiger partial charge in [-0.05, 0) is 37.6 Å². The molecule has 5 heteroatoms. The van der Waals surface area contributed by atoms with Crippen molar-refractivity contribution in [2.24, 2.45) is 5.73 Å². The van der Waals surface area contributed by atoms with Crippen LogP contribution >= 0.6 is 0 Å². The Balaban J connectivity index is 2.15. The van der Waals surface area contributed by atoms with E-state index < -0.39 is 6.04 Å². The number of carbonyl (C=O) groups excluding carboxylic acids is 1. The molecule has 2 rings (SSSR count). The van der Waals surface area contributed by atoms with Gasteiger partial charge in [0, 0.05) is 5.56 Å². The molecule has 128 valence electrons. The summed E-state index contributed by atoms with van der Waals surface area (Å²) in [7, 11) is 3.19. The Labute approximate surface area is 142 Å². The molecule has 0 saturated carbocycles. The number of nitrogens with one attached hydrogen (secondary N) is 1. The van der Waals surface area contributed by atoms with Crippen LogP contribution in [0.15, 0.2) is 42.5 Å². The first-order valence-corrected chi connectivity index (χ1v) is 7.80. The van der Waals surface area contributed by atoms with Gasteiger partial charge in [-0.15, -0.1) is 0 Å². The molecule has 0 fully saturated rings. The third-order valence-corrected chi connectivity index (χ3v) is 3.98. The molecule has 1 amide bonds. The lowest BCUT2D eigenvalue weighted by atomic mass is 10.0. The number of aryl methyl sites for hydroxylation is 1. The molecule has 0 aliphatic rings. The molecular formula is C19H24N2O3. The fourth-order valence-electron chi connectivity index (χ4n) is 2.48. The maximum atomic E-state index is 12.5. The van der Waals surface area contributed by atoms with Crippen molar-refractivity contribution in [1.29, 1.82) is 0 Å². The van der Waals surface area contributed by atoms with E-state index >= 15 is 0 Å². The van der Waals surface area contributed by atoms with Crippen molar-refractivity contribution in [1.82, 2.24) is 5.32 Å². The van der Waals surface area contributed by atoms with E-state index in [1.165, 1.54) is 0 Å². The van der Waals surface area contributed by atoms with E-state index in [1.807, 2.05) is 56.3 Å². The van der Waals surface area contributed by atoms with Crippen LogP contribution in [-0.4, -0.2) is 20.1 Å². The average Bonchev–Trinajstić information content (AvgIpc) is 2.60. The molecule has 0 saturated heterocycles. The predicted octanol–water partition coefficient (Wildman–Crippen LogP) is 2.89. The second-order valence-electron chi connectivity index (χ2n) is 5.73. The molecule has 3 N–H and O–H groups in total. The maximum absolute atomic E-state index is 12.5. The first kappa shape index (κ1) is 17.8. The van der Waals surface area contributed by atoms with E-state index in [9.17, 15) is 4.79 Å². The van der Waals surface area contributed by atoms with Crippen LogP contribution in [-0.2, 0) is 4.79 Å². The van der Waals surface area contributed by atoms with Crippen LogP contribution in [0.1, 0.15) is 35.7 Å². The van der Waals surface area contributed by atoms with Crippen LogP contribution in [0.2, 0.25) is 0 Å². The minimum atomic E-state index is -0.718. The van der Waals surface area contributed by atoms with Crippen molar-refractivity contribution in [3.8, 4) is 11.5 Å². The van der Waals surface area contributed by atoms with Crippen LogP contribution in [0.25, 0.3) is 0 Å². The van der Waals surface area contributed by atoms with Crippen LogP contribution in [0, 0.1) is 6.92 Å². The second kappa shape index (κ2) is 7.84. The average molecular weight is 328 g/mol. The monoisotopic (exact) mass is 328 g/mol. The normalized spacial score (nSPS) is 13.0. The molecule has 0 bridgehead atoms. The standard InChI is InChI=1S/C19H24N2O3/c1-12-5-7-14(8-6-12)18(20)19(22)21-13(2)16-11-15(23-3)9-10-17(16)24-4/h5-11,13,18H,20H2,1-4H3,(H,21,22). The highest BCUT2D eigenvalue weighted by Crippen LogP contribution is 2.29. The summed E-state index contributed by atoms with van der Waals surface area (Å²) in [6.07, 6.45) is 0. The Morgan fingerprint density at radius 2 is 1.75 bits per heavy atom. The summed E-state index contributed by atoms with van der Waals surface area (Å²) in [4.78, 5) is 12.5. The maximum Gasteiger partial charge on any atom is 0.241 e. The Hall–Kier alpha value is -2.53. The fourth-order valence-corrected chi connectivity index (χ4v) is 2.48. The molecule has 24 heavy (non-hydrogen) atoms. The first-order chi connectivity index (χ1) is 11.5. The van der Waals surface area contributed by atoms with Gasteiger partial charge in [0.05, 0.1) is 20.3 Å². The van der Waals surface area contributed by atoms with E-state index in [4.69, 9.17) is 15.2 Å². The summed E-state index contributed by atoms with van der Waals surface area (Å²) in [6, 6.07) is 12.1. The van der Waals surface area contributed by atoms with Gasteiger partial charge in [0.2, 0.25) is 5.91 Å². The summed E-state index contributed by atoms with van der Waals surface area (Å²) >= 11 is 0. The molecule has 0 aliphatic carbocycles. The minimum Gasteiger partial charge on any atom is -0.497 e. The Kier molecular flexibility index (Phi) is 5.82. The molecule has 5 nitrogen and oxygen atoms in total. The number of benzene rings is 2. The summed E-state index contributed by atoms with van der Waals surface area (Å²) in [5, 5.41) is 2.94. The number of carbonyl (C=O) groups is 1. The number of nitrogens with two attached hydrogens (primary N) is 1. The third-order valence-electron chi connectivity index (χ3n) is 3.98. The van der Waals surface area contributed by atoms with Gasteiger partial charge in [0.15, 0.2) is 0 Å². The Bertz CT molecular complexity index is 698. The van der Waals surface area contributed by atoms with Crippen LogP contribution in [0.3, 0.4) is 0 Å². The Morgan fingerprint density at radius 3 is 2.33 bits per heavy atom. The smallest absolute Gasteiger partial charge is 0.241 e. The molecule has 0 heterocycles. The highest BCUT2D eigenvalue weighted by Gasteiger charge is 2.20. The summed E-state index contributed by atoms with van der Waals surface area (Å²) in [5.74, 6) is 1.15. The SMILES string of the molecule is COc1ccc(OC)c(C(C)NC(=O)C(N)c2ccc(C)cc2)c1. The van der Waals surface area contributed by atoms with E-state index in [-0.39, 0.29) is 11.9 Å². The number of methoxy groups -OCH3 is 2. The van der Waals surface area contributed by atoms with Crippen LogP contribution in [0.4, 0.5) is 0 Å². The predicted molar refractivity (Wildman–Crippen MR) is 94.2 cm³/mol. The van der Waals surface area contributed by atoms with E-state index in [0.717, 1.165) is 16.7 Å². The molecule has 2 unspecified atom stereocenters. The number of hydrogen-bond donors (Lipinski definition) is 2. The van der Waals surface area contributed by atoms with Gasteiger partial charge in [0.25, 0.3) is 0 Å². The molecule has 0 aromatic heterocycles. The van der Waals surface area contributed by atoms with Gasteiger partial charge in [-0.1, -0.05) is 29.8 Å². The third kappa shape index (κ3) is 4.06. The summed E-state index contributed by atoms with van der Waals surface area (Å²) in [6.45, 7) is 3.88. The van der Waals surface area contributed by atoms with Gasteiger partial charge < -0.3 is 20.5 Å². The quantitative estimate of drug-likeness (QED) is 0.855. The van der Waals surface area contributed by atoms with Gasteiger partial charge >= 0.3 is 0 Å². The second-order valence-corrected chi connectivity index (χ2v) is 5.73. The first-order valence-electron chi connectivity index (χ1n) is 7.80.